The third-order valence-corrected chi connectivity index (χ3v) is 3.27. The van der Waals surface area contributed by atoms with Crippen LogP contribution in [-0.2, 0) is 11.4 Å². The summed E-state index contributed by atoms with van der Waals surface area (Å²) < 4.78 is 1.09. The number of nitrogens with zero attached hydrogens (tertiary/aromatic N) is 1. The van der Waals surface area contributed by atoms with Crippen LogP contribution in [0.15, 0.2) is 18.2 Å². The summed E-state index contributed by atoms with van der Waals surface area (Å²) >= 11 is 2.25. The van der Waals surface area contributed by atoms with Crippen LogP contribution in [0.1, 0.15) is 26.3 Å². The monoisotopic (exact) mass is 348 g/mol. The normalized spacial score (nSPS) is 12.1. The molecule has 0 heterocycles. The van der Waals surface area contributed by atoms with Crippen molar-refractivity contribution in [3.8, 4) is 0 Å². The Morgan fingerprint density at radius 1 is 1.35 bits per heavy atom. The van der Waals surface area contributed by atoms with Crippen LogP contribution in [0.5, 0.6) is 0 Å². The Bertz CT molecular complexity index is 374. The maximum absolute atomic E-state index is 5.80. The molecule has 1 aromatic rings. The molecule has 0 atom stereocenters. The van der Waals surface area contributed by atoms with Gasteiger partial charge in [0, 0.05) is 22.3 Å². The standard InChI is InChI=1S/C13H21IN2O/c1-13(2,3)9-16(17-4)8-10-5-6-12(15)11(14)7-10/h5-7H,8-9,15H2,1-4H3. The number of hydroxylamine groups is 2. The molecule has 0 saturated carbocycles. The third-order valence-electron chi connectivity index (χ3n) is 2.33. The molecular formula is C13H21IN2O. The summed E-state index contributed by atoms with van der Waals surface area (Å²) in [5.41, 5.74) is 8.07. The van der Waals surface area contributed by atoms with E-state index in [-0.39, 0.29) is 5.41 Å². The zero-order valence-corrected chi connectivity index (χ0v) is 13.1. The molecule has 0 spiro atoms. The molecule has 3 nitrogen and oxygen atoms in total. The number of halogens is 1. The Morgan fingerprint density at radius 2 is 2.00 bits per heavy atom. The SMILES string of the molecule is CON(Cc1ccc(N)c(I)c1)CC(C)(C)C. The summed E-state index contributed by atoms with van der Waals surface area (Å²) in [5.74, 6) is 0. The minimum Gasteiger partial charge on any atom is -0.398 e. The molecule has 1 aromatic carbocycles. The number of rotatable bonds is 4. The van der Waals surface area contributed by atoms with Crippen LogP contribution < -0.4 is 5.73 Å². The number of nitrogens with two attached hydrogens (primary N) is 1. The van der Waals surface area contributed by atoms with Crippen LogP contribution in [-0.4, -0.2) is 18.7 Å². The van der Waals surface area contributed by atoms with Gasteiger partial charge in [-0.1, -0.05) is 26.8 Å². The highest BCUT2D eigenvalue weighted by molar-refractivity contribution is 14.1. The molecule has 0 aromatic heterocycles. The maximum Gasteiger partial charge on any atom is 0.0575 e. The summed E-state index contributed by atoms with van der Waals surface area (Å²) in [6.07, 6.45) is 0. The highest BCUT2D eigenvalue weighted by atomic mass is 127. The largest absolute Gasteiger partial charge is 0.398 e. The second-order valence-corrected chi connectivity index (χ2v) is 6.56. The molecule has 0 bridgehead atoms. The smallest absolute Gasteiger partial charge is 0.0575 e. The van der Waals surface area contributed by atoms with Gasteiger partial charge in [0.1, 0.15) is 0 Å². The molecule has 4 heteroatoms. The van der Waals surface area contributed by atoms with Crippen molar-refractivity contribution < 1.29 is 4.84 Å². The summed E-state index contributed by atoms with van der Waals surface area (Å²) in [6, 6.07) is 6.10. The van der Waals surface area contributed by atoms with Crippen molar-refractivity contribution in [2.45, 2.75) is 27.3 Å². The average Bonchev–Trinajstić information content (AvgIpc) is 2.20. The third kappa shape index (κ3) is 5.23. The van der Waals surface area contributed by atoms with Gasteiger partial charge in [-0.2, -0.15) is 5.06 Å². The fourth-order valence-corrected chi connectivity index (χ4v) is 2.17. The lowest BCUT2D eigenvalue weighted by Crippen LogP contribution is -2.31. The Hall–Kier alpha value is -0.330. The molecule has 0 aliphatic rings. The van der Waals surface area contributed by atoms with Gasteiger partial charge < -0.3 is 10.6 Å². The van der Waals surface area contributed by atoms with Gasteiger partial charge in [0.2, 0.25) is 0 Å². The highest BCUT2D eigenvalue weighted by Crippen LogP contribution is 2.20. The second kappa shape index (κ2) is 6.02. The van der Waals surface area contributed by atoms with E-state index in [1.807, 2.05) is 17.2 Å². The molecule has 0 unspecified atom stereocenters. The van der Waals surface area contributed by atoms with Crippen molar-refractivity contribution in [3.63, 3.8) is 0 Å². The van der Waals surface area contributed by atoms with E-state index in [0.29, 0.717) is 0 Å². The maximum atomic E-state index is 5.80. The number of hydrogen-bond acceptors (Lipinski definition) is 3. The van der Waals surface area contributed by atoms with Gasteiger partial charge in [-0.15, -0.1) is 0 Å². The minimum atomic E-state index is 0.219. The van der Waals surface area contributed by atoms with E-state index in [1.165, 1.54) is 5.56 Å². The summed E-state index contributed by atoms with van der Waals surface area (Å²) in [6.45, 7) is 8.28. The Morgan fingerprint density at radius 3 is 2.47 bits per heavy atom. The minimum absolute atomic E-state index is 0.219. The Balaban J connectivity index is 2.70. The molecule has 0 aliphatic heterocycles. The average molecular weight is 348 g/mol. The molecule has 1 rings (SSSR count). The van der Waals surface area contributed by atoms with Crippen molar-refractivity contribution in [3.05, 3.63) is 27.3 Å². The van der Waals surface area contributed by atoms with Crippen LogP contribution in [0.2, 0.25) is 0 Å². The lowest BCUT2D eigenvalue weighted by atomic mass is 9.97. The number of benzene rings is 1. The molecular weight excluding hydrogens is 327 g/mol. The van der Waals surface area contributed by atoms with Gasteiger partial charge in [-0.3, -0.25) is 0 Å². The van der Waals surface area contributed by atoms with Crippen molar-refractivity contribution in [2.24, 2.45) is 5.41 Å². The van der Waals surface area contributed by atoms with E-state index in [0.717, 1.165) is 22.3 Å². The van der Waals surface area contributed by atoms with E-state index in [1.54, 1.807) is 7.11 Å². The molecule has 0 aliphatic carbocycles. The van der Waals surface area contributed by atoms with E-state index < -0.39 is 0 Å². The molecule has 0 radical (unpaired) electrons. The van der Waals surface area contributed by atoms with Crippen LogP contribution in [0.25, 0.3) is 0 Å². The predicted octanol–water partition coefficient (Wildman–Crippen LogP) is 3.28. The highest BCUT2D eigenvalue weighted by Gasteiger charge is 2.16. The van der Waals surface area contributed by atoms with E-state index in [2.05, 4.69) is 49.4 Å². The number of anilines is 1. The zero-order chi connectivity index (χ0) is 13.1. The van der Waals surface area contributed by atoms with Gasteiger partial charge in [-0.05, 0) is 45.7 Å². The van der Waals surface area contributed by atoms with Gasteiger partial charge in [0.05, 0.1) is 7.11 Å². The van der Waals surface area contributed by atoms with E-state index >= 15 is 0 Å². The fourth-order valence-electron chi connectivity index (χ4n) is 1.59. The molecule has 2 N–H and O–H groups in total. The second-order valence-electron chi connectivity index (χ2n) is 5.40. The van der Waals surface area contributed by atoms with Gasteiger partial charge in [0.15, 0.2) is 0 Å². The van der Waals surface area contributed by atoms with Crippen LogP contribution in [0.4, 0.5) is 5.69 Å². The van der Waals surface area contributed by atoms with Crippen LogP contribution in [0, 0.1) is 8.99 Å². The van der Waals surface area contributed by atoms with Crippen molar-refractivity contribution in [2.75, 3.05) is 19.4 Å². The summed E-state index contributed by atoms with van der Waals surface area (Å²) in [5, 5.41) is 1.97. The first-order valence-electron chi connectivity index (χ1n) is 5.65. The first-order chi connectivity index (χ1) is 7.81. The van der Waals surface area contributed by atoms with E-state index in [4.69, 9.17) is 10.6 Å². The van der Waals surface area contributed by atoms with Crippen molar-refractivity contribution >= 4 is 28.3 Å². The van der Waals surface area contributed by atoms with Crippen LogP contribution >= 0.6 is 22.6 Å². The quantitative estimate of drug-likeness (QED) is 0.516. The Kier molecular flexibility index (Phi) is 5.22. The van der Waals surface area contributed by atoms with Gasteiger partial charge >= 0.3 is 0 Å². The summed E-state index contributed by atoms with van der Waals surface area (Å²) in [7, 11) is 1.72. The van der Waals surface area contributed by atoms with Crippen molar-refractivity contribution in [1.29, 1.82) is 0 Å². The molecule has 0 amide bonds. The molecule has 0 fully saturated rings. The van der Waals surface area contributed by atoms with Crippen molar-refractivity contribution in [1.82, 2.24) is 5.06 Å². The lowest BCUT2D eigenvalue weighted by molar-refractivity contribution is -0.154. The van der Waals surface area contributed by atoms with Crippen LogP contribution in [0.3, 0.4) is 0 Å². The Labute approximate surface area is 117 Å². The predicted molar refractivity (Wildman–Crippen MR) is 80.4 cm³/mol. The van der Waals surface area contributed by atoms with E-state index in [9.17, 15) is 0 Å². The topological polar surface area (TPSA) is 38.5 Å². The summed E-state index contributed by atoms with van der Waals surface area (Å²) in [4.78, 5) is 5.40. The first kappa shape index (κ1) is 14.7. The lowest BCUT2D eigenvalue weighted by Gasteiger charge is -2.28. The zero-order valence-electron chi connectivity index (χ0n) is 11.0. The number of nitrogen functional groups attached to an aromatic ring is 1. The molecule has 0 saturated heterocycles. The number of hydrogen-bond donors (Lipinski definition) is 1. The molecule has 96 valence electrons. The first-order valence-corrected chi connectivity index (χ1v) is 6.72. The molecule has 17 heavy (non-hydrogen) atoms. The van der Waals surface area contributed by atoms with Gasteiger partial charge in [0.25, 0.3) is 0 Å². The fraction of sp³-hybridized carbons (Fsp3) is 0.538. The van der Waals surface area contributed by atoms with Gasteiger partial charge in [-0.25, -0.2) is 0 Å².